The summed E-state index contributed by atoms with van der Waals surface area (Å²) >= 11 is 0. The largest absolute Gasteiger partial charge is 0.444 e. The number of rotatable bonds is 3. The summed E-state index contributed by atoms with van der Waals surface area (Å²) in [5.41, 5.74) is -2.22. The van der Waals surface area contributed by atoms with E-state index in [1.165, 1.54) is 0 Å². The molecular weight excluding hydrogens is 452 g/mol. The number of carbonyl (C=O) groups excluding carboxylic acids is 3. The molecule has 35 heavy (non-hydrogen) atoms. The molecule has 1 aliphatic rings. The van der Waals surface area contributed by atoms with Gasteiger partial charge in [-0.2, -0.15) is 4.90 Å². The fourth-order valence-electron chi connectivity index (χ4n) is 3.37. The number of hydrogen-bond acceptors (Lipinski definition) is 8. The van der Waals surface area contributed by atoms with E-state index in [9.17, 15) is 14.4 Å². The van der Waals surface area contributed by atoms with E-state index in [4.69, 9.17) is 14.2 Å². The lowest BCUT2D eigenvalue weighted by molar-refractivity contribution is 0.0425. The molecule has 1 aromatic rings. The maximum absolute atomic E-state index is 12.9. The van der Waals surface area contributed by atoms with Crippen molar-refractivity contribution in [2.24, 2.45) is 0 Å². The number of piperidine rings is 1. The quantitative estimate of drug-likeness (QED) is 0.570. The first-order valence-corrected chi connectivity index (χ1v) is 11.9. The number of alkyl carbamates (subject to hydrolysis) is 1. The van der Waals surface area contributed by atoms with Gasteiger partial charge in [-0.15, -0.1) is 0 Å². The van der Waals surface area contributed by atoms with Crippen LogP contribution in [0.3, 0.4) is 0 Å². The highest BCUT2D eigenvalue weighted by atomic mass is 16.6. The number of nitrogens with one attached hydrogen (secondary N) is 1. The van der Waals surface area contributed by atoms with Crippen LogP contribution in [-0.2, 0) is 14.2 Å². The minimum Gasteiger partial charge on any atom is -0.444 e. The highest BCUT2D eigenvalue weighted by Crippen LogP contribution is 2.25. The summed E-state index contributed by atoms with van der Waals surface area (Å²) in [6.45, 7) is 17.0. The first-order valence-electron chi connectivity index (χ1n) is 11.9. The Balaban J connectivity index is 2.25. The van der Waals surface area contributed by atoms with E-state index < -0.39 is 35.1 Å². The van der Waals surface area contributed by atoms with E-state index in [0.29, 0.717) is 18.9 Å². The summed E-state index contributed by atoms with van der Waals surface area (Å²) < 4.78 is 16.3. The Labute approximate surface area is 208 Å². The van der Waals surface area contributed by atoms with Crippen molar-refractivity contribution in [3.8, 4) is 0 Å². The van der Waals surface area contributed by atoms with E-state index in [-0.39, 0.29) is 11.9 Å². The van der Waals surface area contributed by atoms with E-state index in [1.54, 1.807) is 59.7 Å². The predicted molar refractivity (Wildman–Crippen MR) is 134 cm³/mol. The highest BCUT2D eigenvalue weighted by Gasteiger charge is 2.34. The lowest BCUT2D eigenvalue weighted by Crippen LogP contribution is -2.49. The number of pyridine rings is 1. The van der Waals surface area contributed by atoms with Crippen molar-refractivity contribution >= 4 is 29.9 Å². The molecule has 10 heteroatoms. The van der Waals surface area contributed by atoms with Crippen molar-refractivity contribution in [3.05, 3.63) is 18.2 Å². The van der Waals surface area contributed by atoms with Crippen LogP contribution in [0.2, 0.25) is 0 Å². The molecule has 1 fully saturated rings. The van der Waals surface area contributed by atoms with Crippen molar-refractivity contribution in [1.29, 1.82) is 0 Å². The average Bonchev–Trinajstić information content (AvgIpc) is 2.64. The summed E-state index contributed by atoms with van der Waals surface area (Å²) in [7, 11) is 0. The topological polar surface area (TPSA) is 110 Å². The van der Waals surface area contributed by atoms with E-state index in [1.807, 2.05) is 25.7 Å². The second-order valence-electron chi connectivity index (χ2n) is 11.6. The smallest absolute Gasteiger partial charge is 0.425 e. The van der Waals surface area contributed by atoms with E-state index in [2.05, 4.69) is 10.3 Å². The van der Waals surface area contributed by atoms with E-state index in [0.717, 1.165) is 17.7 Å². The van der Waals surface area contributed by atoms with Gasteiger partial charge < -0.3 is 24.4 Å². The Hall–Kier alpha value is -3.04. The van der Waals surface area contributed by atoms with Crippen LogP contribution in [0, 0.1) is 0 Å². The summed E-state index contributed by atoms with van der Waals surface area (Å²) in [6, 6.07) is 4.93. The van der Waals surface area contributed by atoms with Crippen LogP contribution in [0.15, 0.2) is 18.2 Å². The molecule has 0 saturated carbocycles. The SMILES string of the molecule is CC(C)(C)OC(=O)NC1CCCN(c2cccc(N(C(=O)OC(C)(C)C)C(=O)OC(C)(C)C)n2)C1. The van der Waals surface area contributed by atoms with Gasteiger partial charge in [-0.25, -0.2) is 19.4 Å². The van der Waals surface area contributed by atoms with Crippen LogP contribution >= 0.6 is 0 Å². The van der Waals surface area contributed by atoms with Crippen LogP contribution in [-0.4, -0.2) is 59.2 Å². The molecule has 1 N–H and O–H groups in total. The number of amides is 3. The number of carbonyl (C=O) groups is 3. The molecule has 2 heterocycles. The Morgan fingerprint density at radius 1 is 0.914 bits per heavy atom. The van der Waals surface area contributed by atoms with Gasteiger partial charge in [-0.1, -0.05) is 6.07 Å². The first-order chi connectivity index (χ1) is 15.9. The summed E-state index contributed by atoms with van der Waals surface area (Å²) in [6.07, 6.45) is -0.586. The van der Waals surface area contributed by atoms with Crippen LogP contribution in [0.1, 0.15) is 75.2 Å². The van der Waals surface area contributed by atoms with Gasteiger partial charge in [0, 0.05) is 19.1 Å². The van der Waals surface area contributed by atoms with Crippen LogP contribution in [0.4, 0.5) is 26.0 Å². The zero-order chi connectivity index (χ0) is 26.6. The third kappa shape index (κ3) is 9.62. The standard InChI is InChI=1S/C25H40N4O6/c1-23(2,3)33-20(30)26-17-12-11-15-28(16-17)18-13-10-14-19(27-18)29(21(31)34-24(4,5)6)22(32)35-25(7,8)9/h10,13-14,17H,11-12,15-16H2,1-9H3,(H,26,30). The fourth-order valence-corrected chi connectivity index (χ4v) is 3.37. The molecule has 0 bridgehead atoms. The third-order valence-electron chi connectivity index (χ3n) is 4.57. The van der Waals surface area contributed by atoms with Crippen molar-refractivity contribution in [1.82, 2.24) is 10.3 Å². The molecule has 10 nitrogen and oxygen atoms in total. The molecule has 1 aromatic heterocycles. The molecule has 2 rings (SSSR count). The molecule has 0 aromatic carbocycles. The van der Waals surface area contributed by atoms with Gasteiger partial charge in [-0.3, -0.25) is 0 Å². The maximum atomic E-state index is 12.9. The number of imide groups is 1. The van der Waals surface area contributed by atoms with Crippen molar-refractivity contribution in [2.75, 3.05) is 22.9 Å². The summed E-state index contributed by atoms with van der Waals surface area (Å²) in [4.78, 5) is 45.5. The lowest BCUT2D eigenvalue weighted by atomic mass is 10.1. The number of hydrogen-bond donors (Lipinski definition) is 1. The number of nitrogens with zero attached hydrogens (tertiary/aromatic N) is 3. The Bertz CT molecular complexity index is 886. The molecule has 0 aliphatic carbocycles. The number of ether oxygens (including phenoxy) is 3. The van der Waals surface area contributed by atoms with Gasteiger partial charge in [0.15, 0.2) is 5.82 Å². The van der Waals surface area contributed by atoms with Gasteiger partial charge in [0.1, 0.15) is 22.6 Å². The number of aromatic nitrogens is 1. The maximum Gasteiger partial charge on any atom is 0.425 e. The van der Waals surface area contributed by atoms with Crippen LogP contribution in [0.25, 0.3) is 0 Å². The normalized spacial score (nSPS) is 16.8. The van der Waals surface area contributed by atoms with Crippen molar-refractivity contribution < 1.29 is 28.6 Å². The van der Waals surface area contributed by atoms with Gasteiger partial charge >= 0.3 is 18.3 Å². The Morgan fingerprint density at radius 3 is 1.97 bits per heavy atom. The molecule has 196 valence electrons. The second-order valence-corrected chi connectivity index (χ2v) is 11.6. The van der Waals surface area contributed by atoms with Crippen molar-refractivity contribution in [2.45, 2.75) is 98.0 Å². The zero-order valence-electron chi connectivity index (χ0n) is 22.4. The number of anilines is 2. The van der Waals surface area contributed by atoms with Gasteiger partial charge in [0.25, 0.3) is 0 Å². The Morgan fingerprint density at radius 2 is 1.46 bits per heavy atom. The molecule has 1 saturated heterocycles. The first kappa shape index (κ1) is 28.2. The van der Waals surface area contributed by atoms with Gasteiger partial charge in [0.2, 0.25) is 0 Å². The third-order valence-corrected chi connectivity index (χ3v) is 4.57. The molecule has 0 radical (unpaired) electrons. The fraction of sp³-hybridized carbons (Fsp3) is 0.680. The molecule has 0 spiro atoms. The molecule has 1 unspecified atom stereocenters. The average molecular weight is 493 g/mol. The monoisotopic (exact) mass is 492 g/mol. The van der Waals surface area contributed by atoms with Crippen LogP contribution in [0.5, 0.6) is 0 Å². The molecular formula is C25H40N4O6. The summed E-state index contributed by atoms with van der Waals surface area (Å²) in [5, 5.41) is 2.91. The molecule has 1 atom stereocenters. The summed E-state index contributed by atoms with van der Waals surface area (Å²) in [5.74, 6) is 0.656. The van der Waals surface area contributed by atoms with Gasteiger partial charge in [-0.05, 0) is 87.3 Å². The molecule has 3 amide bonds. The Kier molecular flexibility index (Phi) is 8.62. The zero-order valence-corrected chi connectivity index (χ0v) is 22.4. The van der Waals surface area contributed by atoms with E-state index >= 15 is 0 Å². The van der Waals surface area contributed by atoms with Gasteiger partial charge in [0.05, 0.1) is 0 Å². The van der Waals surface area contributed by atoms with Crippen LogP contribution < -0.4 is 15.1 Å². The predicted octanol–water partition coefficient (Wildman–Crippen LogP) is 5.25. The van der Waals surface area contributed by atoms with Crippen molar-refractivity contribution in [3.63, 3.8) is 0 Å². The lowest BCUT2D eigenvalue weighted by Gasteiger charge is -2.35. The minimum atomic E-state index is -0.875. The molecule has 1 aliphatic heterocycles. The second kappa shape index (κ2) is 10.7. The minimum absolute atomic E-state index is 0.0909. The highest BCUT2D eigenvalue weighted by molar-refractivity contribution is 6.08.